The van der Waals surface area contributed by atoms with Gasteiger partial charge in [0.1, 0.15) is 11.5 Å². The van der Waals surface area contributed by atoms with Gasteiger partial charge in [0.25, 0.3) is 5.91 Å². The van der Waals surface area contributed by atoms with Crippen LogP contribution in [0.2, 0.25) is 0 Å². The van der Waals surface area contributed by atoms with Crippen LogP contribution in [0.25, 0.3) is 11.5 Å². The molecule has 0 saturated heterocycles. The lowest BCUT2D eigenvalue weighted by molar-refractivity contribution is -0.118. The standard InChI is InChI=1S/C18H17N3O4/c1-2-23-15-9-5-14(6-10-15)20-17(22)11-24-16-7-3-13(4-8-16)18-21-19-12-25-18/h3-10,12H,2,11H2,1H3,(H,20,22). The van der Waals surface area contributed by atoms with Crippen molar-refractivity contribution in [2.75, 3.05) is 18.5 Å². The average molecular weight is 339 g/mol. The van der Waals surface area contributed by atoms with Crippen LogP contribution in [0.4, 0.5) is 5.69 Å². The van der Waals surface area contributed by atoms with E-state index in [1.807, 2.05) is 6.92 Å². The number of carbonyl (C=O) groups excluding carboxylic acids is 1. The lowest BCUT2D eigenvalue weighted by atomic mass is 10.2. The number of hydrogen-bond acceptors (Lipinski definition) is 6. The summed E-state index contributed by atoms with van der Waals surface area (Å²) < 4.78 is 15.9. The number of benzene rings is 2. The number of nitrogens with one attached hydrogen (secondary N) is 1. The molecular weight excluding hydrogens is 322 g/mol. The molecule has 0 unspecified atom stereocenters. The van der Waals surface area contributed by atoms with Crippen molar-refractivity contribution in [2.45, 2.75) is 6.92 Å². The number of ether oxygens (including phenoxy) is 2. The van der Waals surface area contributed by atoms with Crippen molar-refractivity contribution in [3.8, 4) is 23.0 Å². The van der Waals surface area contributed by atoms with Crippen LogP contribution < -0.4 is 14.8 Å². The molecule has 2 aromatic carbocycles. The first-order valence-corrected chi connectivity index (χ1v) is 7.76. The van der Waals surface area contributed by atoms with Gasteiger partial charge in [0.2, 0.25) is 12.3 Å². The Morgan fingerprint density at radius 2 is 1.72 bits per heavy atom. The van der Waals surface area contributed by atoms with Gasteiger partial charge in [0, 0.05) is 11.3 Å². The highest BCUT2D eigenvalue weighted by molar-refractivity contribution is 5.91. The van der Waals surface area contributed by atoms with Gasteiger partial charge in [-0.2, -0.15) is 0 Å². The fourth-order valence-electron chi connectivity index (χ4n) is 2.14. The van der Waals surface area contributed by atoms with E-state index in [2.05, 4.69) is 15.5 Å². The maximum Gasteiger partial charge on any atom is 0.262 e. The van der Waals surface area contributed by atoms with E-state index in [4.69, 9.17) is 13.9 Å². The predicted molar refractivity (Wildman–Crippen MR) is 91.5 cm³/mol. The van der Waals surface area contributed by atoms with Crippen molar-refractivity contribution >= 4 is 11.6 Å². The molecule has 0 radical (unpaired) electrons. The lowest BCUT2D eigenvalue weighted by Gasteiger charge is -2.09. The van der Waals surface area contributed by atoms with E-state index >= 15 is 0 Å². The molecule has 0 aliphatic carbocycles. The van der Waals surface area contributed by atoms with Gasteiger partial charge in [-0.3, -0.25) is 4.79 Å². The van der Waals surface area contributed by atoms with E-state index in [1.165, 1.54) is 6.39 Å². The highest BCUT2D eigenvalue weighted by atomic mass is 16.5. The highest BCUT2D eigenvalue weighted by Gasteiger charge is 2.06. The van der Waals surface area contributed by atoms with Gasteiger partial charge in [0.05, 0.1) is 6.61 Å². The molecule has 1 aromatic heterocycles. The number of amides is 1. The molecule has 1 amide bonds. The summed E-state index contributed by atoms with van der Waals surface area (Å²) in [6, 6.07) is 14.2. The Hall–Kier alpha value is -3.35. The minimum absolute atomic E-state index is 0.0902. The summed E-state index contributed by atoms with van der Waals surface area (Å²) in [6.07, 6.45) is 1.27. The third-order valence-corrected chi connectivity index (χ3v) is 3.28. The summed E-state index contributed by atoms with van der Waals surface area (Å²) in [5, 5.41) is 10.2. The number of nitrogens with zero attached hydrogens (tertiary/aromatic N) is 2. The number of anilines is 1. The van der Waals surface area contributed by atoms with E-state index in [0.29, 0.717) is 23.9 Å². The molecule has 0 bridgehead atoms. The van der Waals surface area contributed by atoms with E-state index in [0.717, 1.165) is 11.3 Å². The SMILES string of the molecule is CCOc1ccc(NC(=O)COc2ccc(-c3nnco3)cc2)cc1. The van der Waals surface area contributed by atoms with Crippen LogP contribution in [0.1, 0.15) is 6.92 Å². The highest BCUT2D eigenvalue weighted by Crippen LogP contribution is 2.20. The smallest absolute Gasteiger partial charge is 0.262 e. The first-order chi connectivity index (χ1) is 12.2. The Morgan fingerprint density at radius 3 is 2.36 bits per heavy atom. The zero-order valence-electron chi connectivity index (χ0n) is 13.6. The molecule has 1 heterocycles. The third kappa shape index (κ3) is 4.57. The fourth-order valence-corrected chi connectivity index (χ4v) is 2.14. The normalized spacial score (nSPS) is 10.3. The minimum Gasteiger partial charge on any atom is -0.494 e. The lowest BCUT2D eigenvalue weighted by Crippen LogP contribution is -2.20. The fraction of sp³-hybridized carbons (Fsp3) is 0.167. The van der Waals surface area contributed by atoms with Gasteiger partial charge >= 0.3 is 0 Å². The van der Waals surface area contributed by atoms with Crippen LogP contribution in [-0.4, -0.2) is 29.3 Å². The molecule has 0 aliphatic heterocycles. The van der Waals surface area contributed by atoms with E-state index in [-0.39, 0.29) is 12.5 Å². The predicted octanol–water partition coefficient (Wildman–Crippen LogP) is 3.15. The molecular formula is C18H17N3O4. The number of carbonyl (C=O) groups is 1. The monoisotopic (exact) mass is 339 g/mol. The largest absolute Gasteiger partial charge is 0.494 e. The molecule has 3 aromatic rings. The topological polar surface area (TPSA) is 86.5 Å². The summed E-state index contributed by atoms with van der Waals surface area (Å²) >= 11 is 0. The van der Waals surface area contributed by atoms with Crippen LogP contribution >= 0.6 is 0 Å². The van der Waals surface area contributed by atoms with Gasteiger partial charge in [0.15, 0.2) is 6.61 Å². The molecule has 3 rings (SSSR count). The molecule has 25 heavy (non-hydrogen) atoms. The van der Waals surface area contributed by atoms with E-state index < -0.39 is 0 Å². The van der Waals surface area contributed by atoms with Gasteiger partial charge < -0.3 is 19.2 Å². The zero-order valence-corrected chi connectivity index (χ0v) is 13.6. The van der Waals surface area contributed by atoms with Crippen LogP contribution in [-0.2, 0) is 4.79 Å². The van der Waals surface area contributed by atoms with Gasteiger partial charge in [-0.05, 0) is 55.5 Å². The van der Waals surface area contributed by atoms with Gasteiger partial charge in [-0.25, -0.2) is 0 Å². The molecule has 128 valence electrons. The Balaban J connectivity index is 1.50. The summed E-state index contributed by atoms with van der Waals surface area (Å²) in [5.74, 6) is 1.52. The summed E-state index contributed by atoms with van der Waals surface area (Å²) in [7, 11) is 0. The minimum atomic E-state index is -0.245. The maximum absolute atomic E-state index is 11.9. The second-order valence-corrected chi connectivity index (χ2v) is 5.06. The Morgan fingerprint density at radius 1 is 1.04 bits per heavy atom. The number of hydrogen-bond donors (Lipinski definition) is 1. The zero-order chi connectivity index (χ0) is 17.5. The van der Waals surface area contributed by atoms with Crippen molar-refractivity contribution < 1.29 is 18.7 Å². The first kappa shape index (κ1) is 16.5. The van der Waals surface area contributed by atoms with E-state index in [1.54, 1.807) is 48.5 Å². The first-order valence-electron chi connectivity index (χ1n) is 7.76. The van der Waals surface area contributed by atoms with Crippen molar-refractivity contribution in [1.82, 2.24) is 10.2 Å². The second kappa shape index (κ2) is 7.96. The van der Waals surface area contributed by atoms with Gasteiger partial charge in [-0.15, -0.1) is 10.2 Å². The number of aromatic nitrogens is 2. The van der Waals surface area contributed by atoms with Crippen LogP contribution in [0.5, 0.6) is 11.5 Å². The Kier molecular flexibility index (Phi) is 5.26. The summed E-state index contributed by atoms with van der Waals surface area (Å²) in [4.78, 5) is 11.9. The molecule has 7 nitrogen and oxygen atoms in total. The van der Waals surface area contributed by atoms with Crippen LogP contribution in [0.15, 0.2) is 59.3 Å². The number of rotatable bonds is 7. The van der Waals surface area contributed by atoms with Crippen molar-refractivity contribution in [1.29, 1.82) is 0 Å². The molecule has 0 fully saturated rings. The molecule has 7 heteroatoms. The second-order valence-electron chi connectivity index (χ2n) is 5.06. The summed E-state index contributed by atoms with van der Waals surface area (Å²) in [5.41, 5.74) is 1.47. The van der Waals surface area contributed by atoms with Crippen molar-refractivity contribution in [3.05, 3.63) is 54.9 Å². The Bertz CT molecular complexity index is 799. The quantitative estimate of drug-likeness (QED) is 0.711. The molecule has 0 spiro atoms. The van der Waals surface area contributed by atoms with Crippen molar-refractivity contribution in [3.63, 3.8) is 0 Å². The Labute approximate surface area is 144 Å². The molecule has 0 aliphatic rings. The average Bonchev–Trinajstić information content (AvgIpc) is 3.17. The summed E-state index contributed by atoms with van der Waals surface area (Å²) in [6.45, 7) is 2.43. The van der Waals surface area contributed by atoms with E-state index in [9.17, 15) is 4.79 Å². The molecule has 0 saturated carbocycles. The molecule has 0 atom stereocenters. The van der Waals surface area contributed by atoms with Crippen LogP contribution in [0.3, 0.4) is 0 Å². The maximum atomic E-state index is 11.9. The third-order valence-electron chi connectivity index (χ3n) is 3.28. The molecule has 1 N–H and O–H groups in total. The van der Waals surface area contributed by atoms with Gasteiger partial charge in [-0.1, -0.05) is 0 Å². The van der Waals surface area contributed by atoms with Crippen molar-refractivity contribution in [2.24, 2.45) is 0 Å². The van der Waals surface area contributed by atoms with Crippen LogP contribution in [0, 0.1) is 0 Å².